The minimum atomic E-state index is -0.946. The second kappa shape index (κ2) is 7.97. The van der Waals surface area contributed by atoms with Crippen molar-refractivity contribution in [2.24, 2.45) is 11.8 Å². The molecule has 1 aromatic rings. The molecule has 0 aliphatic rings. The number of carboxylic acid groups (broad SMARTS) is 1. The summed E-state index contributed by atoms with van der Waals surface area (Å²) < 4.78 is 13.6. The standard InChI is InChI=1S/C14H18BrFN2O3/c1-8(2)5-9(13(19)20)7-17-14(21)18-10-3-4-11(15)12(16)6-10/h3-4,6,8-9H,5,7H2,1-2H3,(H,19,20)(H2,17,18,21). The third kappa shape index (κ3) is 6.12. The normalized spacial score (nSPS) is 12.0. The van der Waals surface area contributed by atoms with Gasteiger partial charge in [0.05, 0.1) is 10.4 Å². The number of halogens is 2. The molecule has 0 bridgehead atoms. The quantitative estimate of drug-likeness (QED) is 0.726. The van der Waals surface area contributed by atoms with Gasteiger partial charge in [-0.1, -0.05) is 13.8 Å². The molecular formula is C14H18BrFN2O3. The van der Waals surface area contributed by atoms with Gasteiger partial charge in [0.25, 0.3) is 0 Å². The van der Waals surface area contributed by atoms with Crippen molar-refractivity contribution in [1.29, 1.82) is 0 Å². The van der Waals surface area contributed by atoms with Crippen molar-refractivity contribution in [3.05, 3.63) is 28.5 Å². The molecule has 1 unspecified atom stereocenters. The maximum atomic E-state index is 13.3. The number of urea groups is 1. The monoisotopic (exact) mass is 360 g/mol. The summed E-state index contributed by atoms with van der Waals surface area (Å²) in [5.74, 6) is -1.86. The fourth-order valence-electron chi connectivity index (χ4n) is 1.81. The average molecular weight is 361 g/mol. The Bertz CT molecular complexity index is 523. The van der Waals surface area contributed by atoms with Crippen molar-refractivity contribution >= 4 is 33.6 Å². The Labute approximate surface area is 131 Å². The smallest absolute Gasteiger partial charge is 0.319 e. The molecule has 0 aliphatic heterocycles. The van der Waals surface area contributed by atoms with Gasteiger partial charge in [-0.2, -0.15) is 0 Å². The number of carboxylic acids is 1. The van der Waals surface area contributed by atoms with E-state index in [9.17, 15) is 14.0 Å². The number of amides is 2. The lowest BCUT2D eigenvalue weighted by molar-refractivity contribution is -0.142. The summed E-state index contributed by atoms with van der Waals surface area (Å²) in [5, 5.41) is 14.0. The van der Waals surface area contributed by atoms with Gasteiger partial charge >= 0.3 is 12.0 Å². The number of carbonyl (C=O) groups excluding carboxylic acids is 1. The number of benzene rings is 1. The van der Waals surface area contributed by atoms with Crippen molar-refractivity contribution in [2.45, 2.75) is 20.3 Å². The Kier molecular flexibility index (Phi) is 6.61. The van der Waals surface area contributed by atoms with Crippen LogP contribution in [0, 0.1) is 17.7 Å². The van der Waals surface area contributed by atoms with Crippen molar-refractivity contribution in [3.63, 3.8) is 0 Å². The predicted octanol–water partition coefficient (Wildman–Crippen LogP) is 3.46. The van der Waals surface area contributed by atoms with Crippen LogP contribution in [-0.2, 0) is 4.79 Å². The first-order valence-corrected chi connectivity index (χ1v) is 7.31. The highest BCUT2D eigenvalue weighted by Gasteiger charge is 2.19. The van der Waals surface area contributed by atoms with Gasteiger partial charge < -0.3 is 15.7 Å². The minimum absolute atomic E-state index is 0.0261. The molecule has 7 heteroatoms. The van der Waals surface area contributed by atoms with E-state index in [0.29, 0.717) is 16.6 Å². The van der Waals surface area contributed by atoms with Crippen LogP contribution < -0.4 is 10.6 Å². The van der Waals surface area contributed by atoms with Crippen LogP contribution in [0.1, 0.15) is 20.3 Å². The third-order valence-electron chi connectivity index (χ3n) is 2.79. The summed E-state index contributed by atoms with van der Waals surface area (Å²) in [4.78, 5) is 22.7. The Morgan fingerprint density at radius 3 is 2.57 bits per heavy atom. The van der Waals surface area contributed by atoms with E-state index in [0.717, 1.165) is 0 Å². The van der Waals surface area contributed by atoms with E-state index in [1.54, 1.807) is 0 Å². The summed E-state index contributed by atoms with van der Waals surface area (Å²) in [6, 6.07) is 3.62. The molecule has 1 rings (SSSR count). The van der Waals surface area contributed by atoms with Gasteiger partial charge in [0.2, 0.25) is 0 Å². The summed E-state index contributed by atoms with van der Waals surface area (Å²) in [6.07, 6.45) is 0.475. The fraction of sp³-hybridized carbons (Fsp3) is 0.429. The molecule has 1 aromatic carbocycles. The molecule has 1 atom stereocenters. The largest absolute Gasteiger partial charge is 0.481 e. The number of anilines is 1. The molecule has 21 heavy (non-hydrogen) atoms. The highest BCUT2D eigenvalue weighted by atomic mass is 79.9. The van der Waals surface area contributed by atoms with Gasteiger partial charge in [-0.3, -0.25) is 4.79 Å². The Balaban J connectivity index is 2.52. The lowest BCUT2D eigenvalue weighted by Crippen LogP contribution is -2.36. The van der Waals surface area contributed by atoms with Crippen LogP contribution in [0.5, 0.6) is 0 Å². The number of hydrogen-bond acceptors (Lipinski definition) is 2. The third-order valence-corrected chi connectivity index (χ3v) is 3.43. The SMILES string of the molecule is CC(C)CC(CNC(=O)Nc1ccc(Br)c(F)c1)C(=O)O. The van der Waals surface area contributed by atoms with Crippen molar-refractivity contribution in [3.8, 4) is 0 Å². The van der Waals surface area contributed by atoms with Gasteiger partial charge in [-0.25, -0.2) is 9.18 Å². The van der Waals surface area contributed by atoms with E-state index in [1.807, 2.05) is 13.8 Å². The first-order valence-electron chi connectivity index (χ1n) is 6.52. The minimum Gasteiger partial charge on any atom is -0.481 e. The van der Waals surface area contributed by atoms with Crippen LogP contribution in [0.25, 0.3) is 0 Å². The van der Waals surface area contributed by atoms with E-state index in [2.05, 4.69) is 26.6 Å². The summed E-state index contributed by atoms with van der Waals surface area (Å²) >= 11 is 3.02. The Morgan fingerprint density at radius 2 is 2.05 bits per heavy atom. The number of carbonyl (C=O) groups is 2. The van der Waals surface area contributed by atoms with Gasteiger partial charge in [0.15, 0.2) is 0 Å². The summed E-state index contributed by atoms with van der Waals surface area (Å²) in [5.41, 5.74) is 0.295. The van der Waals surface area contributed by atoms with Crippen LogP contribution >= 0.6 is 15.9 Å². The van der Waals surface area contributed by atoms with Crippen molar-refractivity contribution in [2.75, 3.05) is 11.9 Å². The number of aliphatic carboxylic acids is 1. The maximum Gasteiger partial charge on any atom is 0.319 e. The molecule has 0 heterocycles. The first-order chi connectivity index (χ1) is 9.79. The zero-order valence-corrected chi connectivity index (χ0v) is 13.4. The van der Waals surface area contributed by atoms with Crippen LogP contribution in [0.4, 0.5) is 14.9 Å². The van der Waals surface area contributed by atoms with Crippen LogP contribution in [-0.4, -0.2) is 23.7 Å². The molecule has 2 amide bonds. The fourth-order valence-corrected chi connectivity index (χ4v) is 2.05. The second-order valence-corrected chi connectivity index (χ2v) is 5.98. The molecule has 0 fully saturated rings. The second-order valence-electron chi connectivity index (χ2n) is 5.13. The van der Waals surface area contributed by atoms with Gasteiger partial charge in [-0.15, -0.1) is 0 Å². The van der Waals surface area contributed by atoms with Crippen LogP contribution in [0.15, 0.2) is 22.7 Å². The number of hydrogen-bond donors (Lipinski definition) is 3. The van der Waals surface area contributed by atoms with E-state index in [4.69, 9.17) is 5.11 Å². The lowest BCUT2D eigenvalue weighted by Gasteiger charge is -2.15. The van der Waals surface area contributed by atoms with Gasteiger partial charge in [0, 0.05) is 12.2 Å². The van der Waals surface area contributed by atoms with Gasteiger partial charge in [-0.05, 0) is 46.5 Å². The molecule has 116 valence electrons. The van der Waals surface area contributed by atoms with Gasteiger partial charge in [0.1, 0.15) is 5.82 Å². The number of rotatable bonds is 6. The molecule has 3 N–H and O–H groups in total. The van der Waals surface area contributed by atoms with E-state index < -0.39 is 23.7 Å². The highest BCUT2D eigenvalue weighted by Crippen LogP contribution is 2.19. The van der Waals surface area contributed by atoms with Crippen molar-refractivity contribution in [1.82, 2.24) is 5.32 Å². The molecule has 5 nitrogen and oxygen atoms in total. The zero-order valence-electron chi connectivity index (χ0n) is 11.8. The molecule has 0 saturated carbocycles. The molecule has 0 aliphatic carbocycles. The maximum absolute atomic E-state index is 13.3. The Hall–Kier alpha value is -1.63. The van der Waals surface area contributed by atoms with Crippen LogP contribution in [0.3, 0.4) is 0 Å². The molecule has 0 saturated heterocycles. The number of nitrogens with one attached hydrogen (secondary N) is 2. The van der Waals surface area contributed by atoms with E-state index in [1.165, 1.54) is 18.2 Å². The van der Waals surface area contributed by atoms with Crippen LogP contribution in [0.2, 0.25) is 0 Å². The van der Waals surface area contributed by atoms with E-state index in [-0.39, 0.29) is 12.5 Å². The van der Waals surface area contributed by atoms with Crippen molar-refractivity contribution < 1.29 is 19.1 Å². The predicted molar refractivity (Wildman–Crippen MR) is 81.7 cm³/mol. The first kappa shape index (κ1) is 17.4. The average Bonchev–Trinajstić information content (AvgIpc) is 2.38. The molecule has 0 radical (unpaired) electrons. The molecular weight excluding hydrogens is 343 g/mol. The Morgan fingerprint density at radius 1 is 1.38 bits per heavy atom. The highest BCUT2D eigenvalue weighted by molar-refractivity contribution is 9.10. The van der Waals surface area contributed by atoms with E-state index >= 15 is 0 Å². The molecule has 0 spiro atoms. The summed E-state index contributed by atoms with van der Waals surface area (Å²) in [7, 11) is 0. The summed E-state index contributed by atoms with van der Waals surface area (Å²) in [6.45, 7) is 3.86. The topological polar surface area (TPSA) is 78.4 Å². The zero-order chi connectivity index (χ0) is 16.0. The molecule has 0 aromatic heterocycles. The lowest BCUT2D eigenvalue weighted by atomic mass is 9.97.